The zero-order valence-corrected chi connectivity index (χ0v) is 12.1. The topological polar surface area (TPSA) is 61.8 Å². The van der Waals surface area contributed by atoms with Gasteiger partial charge >= 0.3 is 6.18 Å². The van der Waals surface area contributed by atoms with Gasteiger partial charge in [-0.05, 0) is 36.4 Å². The molecule has 0 aromatic heterocycles. The monoisotopic (exact) mass is 355 g/mol. The smallest absolute Gasteiger partial charge is 0.397 e. The summed E-state index contributed by atoms with van der Waals surface area (Å²) in [4.78, 5) is 0. The molecular weight excluding hydrogens is 347 g/mol. The van der Waals surface area contributed by atoms with Crippen LogP contribution in [0, 0.1) is 11.3 Å². The number of rotatable bonds is 2. The molecule has 7 heteroatoms. The van der Waals surface area contributed by atoms with Gasteiger partial charge in [0, 0.05) is 10.2 Å². The Morgan fingerprint density at radius 1 is 1.14 bits per heavy atom. The molecule has 3 nitrogen and oxygen atoms in total. The van der Waals surface area contributed by atoms with Crippen LogP contribution in [0.3, 0.4) is 0 Å². The van der Waals surface area contributed by atoms with Crippen molar-refractivity contribution in [3.8, 4) is 6.07 Å². The lowest BCUT2D eigenvalue weighted by Crippen LogP contribution is -2.08. The number of benzene rings is 2. The van der Waals surface area contributed by atoms with Crippen molar-refractivity contribution in [2.24, 2.45) is 0 Å². The Hall–Kier alpha value is -2.20. The standard InChI is InChI=1S/C14H9BrF3N3/c15-9-2-4-12(20)13(5-9)21-10-3-1-8(7-19)11(6-10)14(16,17)18/h1-6,21H,20H2. The fraction of sp³-hybridized carbons (Fsp3) is 0.0714. The minimum atomic E-state index is -4.59. The van der Waals surface area contributed by atoms with Crippen LogP contribution in [-0.4, -0.2) is 0 Å². The second-order valence-electron chi connectivity index (χ2n) is 4.23. The molecular formula is C14H9BrF3N3. The third-order valence-electron chi connectivity index (χ3n) is 2.74. The van der Waals surface area contributed by atoms with E-state index in [9.17, 15) is 13.2 Å². The van der Waals surface area contributed by atoms with Crippen LogP contribution in [-0.2, 0) is 6.18 Å². The summed E-state index contributed by atoms with van der Waals surface area (Å²) in [6.45, 7) is 0. The Kier molecular flexibility index (Phi) is 4.09. The number of nitrogen functional groups attached to an aromatic ring is 1. The lowest BCUT2D eigenvalue weighted by atomic mass is 10.1. The highest BCUT2D eigenvalue weighted by Crippen LogP contribution is 2.35. The lowest BCUT2D eigenvalue weighted by Gasteiger charge is -2.13. The van der Waals surface area contributed by atoms with E-state index in [0.717, 1.165) is 16.6 Å². The molecule has 0 fully saturated rings. The van der Waals surface area contributed by atoms with E-state index in [4.69, 9.17) is 11.0 Å². The van der Waals surface area contributed by atoms with Crippen molar-refractivity contribution in [1.29, 1.82) is 5.26 Å². The maximum atomic E-state index is 12.9. The molecule has 0 radical (unpaired) electrons. The number of nitrogens with zero attached hydrogens (tertiary/aromatic N) is 1. The van der Waals surface area contributed by atoms with Crippen LogP contribution in [0.5, 0.6) is 0 Å². The van der Waals surface area contributed by atoms with Gasteiger partial charge in [-0.3, -0.25) is 0 Å². The Bertz CT molecular complexity index is 720. The van der Waals surface area contributed by atoms with Crippen molar-refractivity contribution in [2.45, 2.75) is 6.18 Å². The second-order valence-corrected chi connectivity index (χ2v) is 5.14. The summed E-state index contributed by atoms with van der Waals surface area (Å²) < 4.78 is 39.4. The fourth-order valence-electron chi connectivity index (χ4n) is 1.75. The van der Waals surface area contributed by atoms with Crippen LogP contribution >= 0.6 is 15.9 Å². The molecule has 2 aromatic rings. The average Bonchev–Trinajstić information content (AvgIpc) is 2.42. The van der Waals surface area contributed by atoms with Crippen LogP contribution < -0.4 is 11.1 Å². The van der Waals surface area contributed by atoms with Crippen LogP contribution in [0.4, 0.5) is 30.2 Å². The normalized spacial score (nSPS) is 11.0. The van der Waals surface area contributed by atoms with Crippen LogP contribution in [0.1, 0.15) is 11.1 Å². The van der Waals surface area contributed by atoms with Gasteiger partial charge < -0.3 is 11.1 Å². The number of alkyl halides is 3. The van der Waals surface area contributed by atoms with E-state index in [1.165, 1.54) is 12.1 Å². The highest BCUT2D eigenvalue weighted by molar-refractivity contribution is 9.10. The first-order valence-electron chi connectivity index (χ1n) is 5.74. The van der Waals surface area contributed by atoms with Gasteiger partial charge in [-0.1, -0.05) is 15.9 Å². The summed E-state index contributed by atoms with van der Waals surface area (Å²) in [5.74, 6) is 0. The molecule has 0 saturated heterocycles. The maximum absolute atomic E-state index is 12.9. The fourth-order valence-corrected chi connectivity index (χ4v) is 2.11. The van der Waals surface area contributed by atoms with E-state index in [1.807, 2.05) is 0 Å². The molecule has 0 heterocycles. The summed E-state index contributed by atoms with van der Waals surface area (Å²) in [7, 11) is 0. The number of nitriles is 1. The highest BCUT2D eigenvalue weighted by Gasteiger charge is 2.33. The molecule has 3 N–H and O–H groups in total. The van der Waals surface area contributed by atoms with Crippen molar-refractivity contribution in [1.82, 2.24) is 0 Å². The lowest BCUT2D eigenvalue weighted by molar-refractivity contribution is -0.137. The number of halogens is 4. The minimum Gasteiger partial charge on any atom is -0.397 e. The molecule has 0 aliphatic heterocycles. The van der Waals surface area contributed by atoms with Crippen molar-refractivity contribution < 1.29 is 13.2 Å². The zero-order valence-electron chi connectivity index (χ0n) is 10.5. The van der Waals surface area contributed by atoms with Gasteiger partial charge in [0.2, 0.25) is 0 Å². The van der Waals surface area contributed by atoms with Gasteiger partial charge in [0.25, 0.3) is 0 Å². The molecule has 2 aromatic carbocycles. The summed E-state index contributed by atoms with van der Waals surface area (Å²) >= 11 is 3.26. The molecule has 0 amide bonds. The first-order chi connectivity index (χ1) is 9.81. The third-order valence-corrected chi connectivity index (χ3v) is 3.23. The van der Waals surface area contributed by atoms with Gasteiger partial charge in [0.1, 0.15) is 0 Å². The summed E-state index contributed by atoms with van der Waals surface area (Å²) in [6.07, 6.45) is -4.59. The summed E-state index contributed by atoms with van der Waals surface area (Å²) in [5.41, 5.74) is 5.43. The Morgan fingerprint density at radius 2 is 1.86 bits per heavy atom. The van der Waals surface area contributed by atoms with Crippen LogP contribution in [0.15, 0.2) is 40.9 Å². The third kappa shape index (κ3) is 3.47. The van der Waals surface area contributed by atoms with E-state index in [2.05, 4.69) is 21.2 Å². The van der Waals surface area contributed by atoms with Crippen molar-refractivity contribution in [3.63, 3.8) is 0 Å². The molecule has 0 atom stereocenters. The maximum Gasteiger partial charge on any atom is 0.417 e. The predicted octanol–water partition coefficient (Wildman–Crippen LogP) is 4.67. The summed E-state index contributed by atoms with van der Waals surface area (Å²) in [5, 5.41) is 11.6. The molecule has 0 spiro atoms. The van der Waals surface area contributed by atoms with Gasteiger partial charge in [0.15, 0.2) is 0 Å². The first kappa shape index (κ1) is 15.2. The summed E-state index contributed by atoms with van der Waals surface area (Å²) in [6, 6.07) is 9.94. The first-order valence-corrected chi connectivity index (χ1v) is 6.54. The quantitative estimate of drug-likeness (QED) is 0.769. The number of hydrogen-bond acceptors (Lipinski definition) is 3. The van der Waals surface area contributed by atoms with Crippen LogP contribution in [0.25, 0.3) is 0 Å². The molecule has 0 aliphatic rings. The number of nitrogens with two attached hydrogens (primary N) is 1. The number of nitrogens with one attached hydrogen (secondary N) is 1. The minimum absolute atomic E-state index is 0.200. The van der Waals surface area contributed by atoms with E-state index < -0.39 is 17.3 Å². The Morgan fingerprint density at radius 3 is 2.48 bits per heavy atom. The van der Waals surface area contributed by atoms with Crippen LogP contribution in [0.2, 0.25) is 0 Å². The van der Waals surface area contributed by atoms with Gasteiger partial charge in [-0.2, -0.15) is 18.4 Å². The Labute approximate surface area is 127 Å². The Balaban J connectivity index is 2.42. The molecule has 0 aliphatic carbocycles. The average molecular weight is 356 g/mol. The van der Waals surface area contributed by atoms with Gasteiger partial charge in [-0.25, -0.2) is 0 Å². The molecule has 0 unspecified atom stereocenters. The highest BCUT2D eigenvalue weighted by atomic mass is 79.9. The molecule has 0 saturated carbocycles. The van der Waals surface area contributed by atoms with Crippen molar-refractivity contribution >= 4 is 33.0 Å². The zero-order chi connectivity index (χ0) is 15.6. The van der Waals surface area contributed by atoms with Crippen molar-refractivity contribution in [2.75, 3.05) is 11.1 Å². The van der Waals surface area contributed by atoms with Gasteiger partial charge in [0.05, 0.1) is 28.6 Å². The molecule has 108 valence electrons. The van der Waals surface area contributed by atoms with Gasteiger partial charge in [-0.15, -0.1) is 0 Å². The van der Waals surface area contributed by atoms with E-state index in [0.29, 0.717) is 11.4 Å². The molecule has 2 rings (SSSR count). The number of anilines is 3. The predicted molar refractivity (Wildman–Crippen MR) is 78.0 cm³/mol. The number of hydrogen-bond donors (Lipinski definition) is 2. The second kappa shape index (κ2) is 5.66. The van der Waals surface area contributed by atoms with E-state index >= 15 is 0 Å². The van der Waals surface area contributed by atoms with E-state index in [1.54, 1.807) is 18.2 Å². The largest absolute Gasteiger partial charge is 0.417 e. The molecule has 0 bridgehead atoms. The molecule has 21 heavy (non-hydrogen) atoms. The SMILES string of the molecule is N#Cc1ccc(Nc2cc(Br)ccc2N)cc1C(F)(F)F. The van der Waals surface area contributed by atoms with E-state index in [-0.39, 0.29) is 5.69 Å². The van der Waals surface area contributed by atoms with Crippen molar-refractivity contribution in [3.05, 3.63) is 52.0 Å².